The molecule has 1 aliphatic heterocycles. The third kappa shape index (κ3) is 2.52. The Morgan fingerprint density at radius 2 is 2.40 bits per heavy atom. The van der Waals surface area contributed by atoms with E-state index in [1.165, 1.54) is 0 Å². The summed E-state index contributed by atoms with van der Waals surface area (Å²) >= 11 is 0. The van der Waals surface area contributed by atoms with E-state index >= 15 is 0 Å². The van der Waals surface area contributed by atoms with Crippen molar-refractivity contribution in [2.45, 2.75) is 25.7 Å². The van der Waals surface area contributed by atoms with Crippen molar-refractivity contribution < 1.29 is 4.74 Å². The molecular weight excluding hydrogens is 190 g/mol. The van der Waals surface area contributed by atoms with Crippen molar-refractivity contribution in [3.63, 3.8) is 0 Å². The van der Waals surface area contributed by atoms with E-state index in [0.29, 0.717) is 12.5 Å². The summed E-state index contributed by atoms with van der Waals surface area (Å²) < 4.78 is 5.35. The quantitative estimate of drug-likeness (QED) is 0.796. The van der Waals surface area contributed by atoms with Crippen molar-refractivity contribution in [2.24, 2.45) is 5.73 Å². The molecule has 1 unspecified atom stereocenters. The summed E-state index contributed by atoms with van der Waals surface area (Å²) in [5.41, 5.74) is 7.60. The van der Waals surface area contributed by atoms with Gasteiger partial charge in [-0.25, -0.2) is 9.97 Å². The Balaban J connectivity index is 2.22. The maximum absolute atomic E-state index is 5.53. The summed E-state index contributed by atoms with van der Waals surface area (Å²) in [7, 11) is 0. The maximum atomic E-state index is 5.53. The minimum absolute atomic E-state index is 0.376. The summed E-state index contributed by atoms with van der Waals surface area (Å²) in [6, 6.07) is 2.01. The molecule has 82 valence electrons. The van der Waals surface area contributed by atoms with Crippen LogP contribution in [0, 0.1) is 6.92 Å². The van der Waals surface area contributed by atoms with Crippen LogP contribution in [-0.4, -0.2) is 29.7 Å². The fourth-order valence-corrected chi connectivity index (χ4v) is 1.86. The average Bonchev–Trinajstić information content (AvgIpc) is 2.70. The molecule has 2 N–H and O–H groups in total. The van der Waals surface area contributed by atoms with Gasteiger partial charge >= 0.3 is 0 Å². The summed E-state index contributed by atoms with van der Waals surface area (Å²) in [5.74, 6) is 1.30. The zero-order valence-corrected chi connectivity index (χ0v) is 9.07. The normalized spacial score (nSPS) is 20.8. The van der Waals surface area contributed by atoms with Crippen molar-refractivity contribution in [1.82, 2.24) is 9.97 Å². The second-order valence-corrected chi connectivity index (χ2v) is 3.96. The van der Waals surface area contributed by atoms with Gasteiger partial charge in [-0.1, -0.05) is 0 Å². The van der Waals surface area contributed by atoms with Gasteiger partial charge in [0.25, 0.3) is 0 Å². The smallest absolute Gasteiger partial charge is 0.134 e. The molecule has 1 aromatic rings. The van der Waals surface area contributed by atoms with Gasteiger partial charge in [0.05, 0.1) is 6.61 Å². The van der Waals surface area contributed by atoms with Crippen LogP contribution in [0.3, 0.4) is 0 Å². The van der Waals surface area contributed by atoms with E-state index in [2.05, 4.69) is 9.97 Å². The van der Waals surface area contributed by atoms with E-state index in [1.54, 1.807) is 0 Å². The van der Waals surface area contributed by atoms with Gasteiger partial charge in [0.1, 0.15) is 5.82 Å². The molecule has 0 radical (unpaired) electrons. The van der Waals surface area contributed by atoms with Crippen LogP contribution in [0.5, 0.6) is 0 Å². The summed E-state index contributed by atoms with van der Waals surface area (Å²) in [6.07, 6.45) is 1.86. The third-order valence-electron chi connectivity index (χ3n) is 2.62. The summed E-state index contributed by atoms with van der Waals surface area (Å²) in [4.78, 5) is 9.00. The fourth-order valence-electron chi connectivity index (χ4n) is 1.86. The van der Waals surface area contributed by atoms with Crippen LogP contribution < -0.4 is 5.73 Å². The number of aromatic nitrogens is 2. The van der Waals surface area contributed by atoms with E-state index in [9.17, 15) is 0 Å². The Bertz CT molecular complexity index is 335. The van der Waals surface area contributed by atoms with Crippen LogP contribution >= 0.6 is 0 Å². The molecule has 1 saturated heterocycles. The highest BCUT2D eigenvalue weighted by Gasteiger charge is 2.20. The molecule has 1 aromatic heterocycles. The lowest BCUT2D eigenvalue weighted by molar-refractivity contribution is 0.193. The molecule has 1 fully saturated rings. The molecule has 0 bridgehead atoms. The lowest BCUT2D eigenvalue weighted by atomic mass is 10.1. The highest BCUT2D eigenvalue weighted by Crippen LogP contribution is 2.22. The predicted molar refractivity (Wildman–Crippen MR) is 57.7 cm³/mol. The van der Waals surface area contributed by atoms with E-state index in [0.717, 1.165) is 43.3 Å². The lowest BCUT2D eigenvalue weighted by Crippen LogP contribution is -2.10. The Kier molecular flexibility index (Phi) is 3.28. The molecule has 0 amide bonds. The van der Waals surface area contributed by atoms with Crippen LogP contribution in [0.4, 0.5) is 0 Å². The Morgan fingerprint density at radius 1 is 1.53 bits per heavy atom. The van der Waals surface area contributed by atoms with Gasteiger partial charge in [-0.2, -0.15) is 0 Å². The molecule has 2 rings (SSSR count). The molecule has 1 atom stereocenters. The van der Waals surface area contributed by atoms with E-state index in [4.69, 9.17) is 10.5 Å². The fraction of sp³-hybridized carbons (Fsp3) is 0.636. The van der Waals surface area contributed by atoms with Crippen LogP contribution in [-0.2, 0) is 11.2 Å². The third-order valence-corrected chi connectivity index (χ3v) is 2.62. The molecule has 0 aliphatic carbocycles. The van der Waals surface area contributed by atoms with Crippen molar-refractivity contribution in [2.75, 3.05) is 19.8 Å². The first-order valence-corrected chi connectivity index (χ1v) is 5.42. The maximum Gasteiger partial charge on any atom is 0.134 e. The average molecular weight is 207 g/mol. The monoisotopic (exact) mass is 207 g/mol. The van der Waals surface area contributed by atoms with Gasteiger partial charge in [0, 0.05) is 30.3 Å². The number of aryl methyl sites for hydroxylation is 1. The van der Waals surface area contributed by atoms with Crippen LogP contribution in [0.2, 0.25) is 0 Å². The standard InChI is InChI=1S/C11H17N3O/c1-8-6-10(2-4-12)14-11(13-8)9-3-5-15-7-9/h6,9H,2-5,7,12H2,1H3. The highest BCUT2D eigenvalue weighted by atomic mass is 16.5. The SMILES string of the molecule is Cc1cc(CCN)nc(C2CCOC2)n1. The minimum Gasteiger partial charge on any atom is -0.381 e. The zero-order valence-electron chi connectivity index (χ0n) is 9.07. The molecule has 1 aliphatic rings. The second-order valence-electron chi connectivity index (χ2n) is 3.96. The Hall–Kier alpha value is -1.00. The molecule has 2 heterocycles. The van der Waals surface area contributed by atoms with E-state index < -0.39 is 0 Å². The predicted octanol–water partition coefficient (Wildman–Crippen LogP) is 0.790. The molecule has 15 heavy (non-hydrogen) atoms. The van der Waals surface area contributed by atoms with Crippen molar-refractivity contribution in [3.05, 3.63) is 23.3 Å². The number of ether oxygens (including phenoxy) is 1. The Morgan fingerprint density at radius 3 is 3.07 bits per heavy atom. The van der Waals surface area contributed by atoms with Crippen molar-refractivity contribution in [1.29, 1.82) is 0 Å². The molecule has 0 aromatic carbocycles. The van der Waals surface area contributed by atoms with Crippen molar-refractivity contribution >= 4 is 0 Å². The molecule has 0 saturated carbocycles. The van der Waals surface area contributed by atoms with Crippen LogP contribution in [0.25, 0.3) is 0 Å². The lowest BCUT2D eigenvalue weighted by Gasteiger charge is -2.09. The van der Waals surface area contributed by atoms with Crippen molar-refractivity contribution in [3.8, 4) is 0 Å². The van der Waals surface area contributed by atoms with Gasteiger partial charge in [-0.3, -0.25) is 0 Å². The zero-order chi connectivity index (χ0) is 10.7. The number of rotatable bonds is 3. The molecule has 0 spiro atoms. The minimum atomic E-state index is 0.376. The summed E-state index contributed by atoms with van der Waals surface area (Å²) in [5, 5.41) is 0. The van der Waals surface area contributed by atoms with Crippen LogP contribution in [0.1, 0.15) is 29.6 Å². The summed E-state index contributed by atoms with van der Waals surface area (Å²) in [6.45, 7) is 4.22. The number of hydrogen-bond donors (Lipinski definition) is 1. The number of nitrogens with two attached hydrogens (primary N) is 1. The van der Waals surface area contributed by atoms with Gasteiger partial charge in [0.15, 0.2) is 0 Å². The van der Waals surface area contributed by atoms with E-state index in [-0.39, 0.29) is 0 Å². The first-order valence-electron chi connectivity index (χ1n) is 5.42. The van der Waals surface area contributed by atoms with E-state index in [1.807, 2.05) is 13.0 Å². The largest absolute Gasteiger partial charge is 0.381 e. The number of hydrogen-bond acceptors (Lipinski definition) is 4. The van der Waals surface area contributed by atoms with Gasteiger partial charge in [-0.05, 0) is 26.0 Å². The first-order chi connectivity index (χ1) is 7.29. The van der Waals surface area contributed by atoms with Gasteiger partial charge in [-0.15, -0.1) is 0 Å². The topological polar surface area (TPSA) is 61.0 Å². The van der Waals surface area contributed by atoms with Crippen LogP contribution in [0.15, 0.2) is 6.07 Å². The van der Waals surface area contributed by atoms with Gasteiger partial charge in [0.2, 0.25) is 0 Å². The van der Waals surface area contributed by atoms with Gasteiger partial charge < -0.3 is 10.5 Å². The number of nitrogens with zero attached hydrogens (tertiary/aromatic N) is 2. The first kappa shape index (κ1) is 10.5. The second kappa shape index (κ2) is 4.68. The molecule has 4 nitrogen and oxygen atoms in total. The molecule has 4 heteroatoms. The highest BCUT2D eigenvalue weighted by molar-refractivity contribution is 5.13. The molecular formula is C11H17N3O. The Labute approximate surface area is 89.9 Å².